The molecule has 196 valence electrons. The number of anilines is 1. The Morgan fingerprint density at radius 1 is 1.05 bits per heavy atom. The molecule has 4 rings (SSSR count). The number of ether oxygens (including phenoxy) is 1. The molecule has 4 nitrogen and oxygen atoms in total. The van der Waals surface area contributed by atoms with E-state index in [-0.39, 0.29) is 18.2 Å². The molecule has 0 spiro atoms. The maximum absolute atomic E-state index is 14.0. The van der Waals surface area contributed by atoms with E-state index in [1.165, 1.54) is 18.1 Å². The third-order valence-electron chi connectivity index (χ3n) is 6.50. The molecule has 0 radical (unpaired) electrons. The van der Waals surface area contributed by atoms with Gasteiger partial charge in [0.25, 0.3) is 0 Å². The van der Waals surface area contributed by atoms with Gasteiger partial charge >= 0.3 is 227 Å². The first kappa shape index (κ1) is 27.6. The summed E-state index contributed by atoms with van der Waals surface area (Å²) >= 11 is 5.39. The number of halogens is 4. The molecular formula is C28H28AsClF3NO3. The summed E-state index contributed by atoms with van der Waals surface area (Å²) in [6.45, 7) is 0.123. The monoisotopic (exact) mass is 593 g/mol. The molecule has 3 aromatic rings. The van der Waals surface area contributed by atoms with Crippen molar-refractivity contribution in [2.75, 3.05) is 12.0 Å². The fourth-order valence-corrected chi connectivity index (χ4v) is 8.07. The standard InChI is InChI=1S/C28H28AsClF3NO3/c1-37-26-14-7-18(15-25(26)30)17-34(21-5-3-2-4-6-21)27(36)23-16-19(28(31,32)33)8-13-24(23)29-20-9-11-22(35)12-10-20/h2-8,13-16,20,22,29,35H,9-12,17H2,1H3. The molecule has 1 atom stereocenters. The van der Waals surface area contributed by atoms with Crippen molar-refractivity contribution in [1.29, 1.82) is 0 Å². The Hall–Kier alpha value is -2.47. The predicted molar refractivity (Wildman–Crippen MR) is 141 cm³/mol. The number of carbonyl (C=O) groups is 1. The van der Waals surface area contributed by atoms with Gasteiger partial charge < -0.3 is 0 Å². The molecule has 1 N–H and O–H groups in total. The number of carbonyl (C=O) groups excluding carboxylic acids is 1. The summed E-state index contributed by atoms with van der Waals surface area (Å²) in [6.07, 6.45) is -1.87. The van der Waals surface area contributed by atoms with E-state index in [9.17, 15) is 23.1 Å². The topological polar surface area (TPSA) is 49.8 Å². The van der Waals surface area contributed by atoms with Gasteiger partial charge in [-0.3, -0.25) is 0 Å². The SMILES string of the molecule is COc1ccc(CN(C(=O)c2cc(C(F)(F)F)ccc2[AsH]C2CCC(O)CC2)c2ccccc2)cc1Cl. The van der Waals surface area contributed by atoms with E-state index >= 15 is 0 Å². The fraction of sp³-hybridized carbons (Fsp3) is 0.321. The summed E-state index contributed by atoms with van der Waals surface area (Å²) in [5, 5.41) is 10.2. The zero-order chi connectivity index (χ0) is 26.6. The second kappa shape index (κ2) is 11.9. The summed E-state index contributed by atoms with van der Waals surface area (Å²) < 4.78 is 47.3. The van der Waals surface area contributed by atoms with E-state index in [0.29, 0.717) is 43.9 Å². The van der Waals surface area contributed by atoms with Gasteiger partial charge in [-0.15, -0.1) is 0 Å². The average Bonchev–Trinajstić information content (AvgIpc) is 2.88. The number of hydrogen-bond donors (Lipinski definition) is 1. The van der Waals surface area contributed by atoms with E-state index < -0.39 is 33.4 Å². The molecule has 1 fully saturated rings. The molecule has 0 heterocycles. The third-order valence-corrected chi connectivity index (χ3v) is 10.4. The van der Waals surface area contributed by atoms with Crippen molar-refractivity contribution in [1.82, 2.24) is 0 Å². The third kappa shape index (κ3) is 6.89. The van der Waals surface area contributed by atoms with E-state index in [1.807, 2.05) is 6.07 Å². The van der Waals surface area contributed by atoms with Crippen LogP contribution < -0.4 is 14.0 Å². The normalized spacial score (nSPS) is 18.2. The van der Waals surface area contributed by atoms with Gasteiger partial charge in [0.05, 0.1) is 0 Å². The van der Waals surface area contributed by atoms with Gasteiger partial charge in [0.15, 0.2) is 0 Å². The first-order valence-electron chi connectivity index (χ1n) is 12.0. The molecule has 1 saturated carbocycles. The molecule has 1 aliphatic rings. The van der Waals surface area contributed by atoms with E-state index in [4.69, 9.17) is 16.3 Å². The number of aliphatic hydroxyl groups excluding tert-OH is 1. The van der Waals surface area contributed by atoms with Crippen LogP contribution in [0.5, 0.6) is 5.75 Å². The van der Waals surface area contributed by atoms with Crippen LogP contribution in [0.2, 0.25) is 9.73 Å². The number of para-hydroxylation sites is 1. The van der Waals surface area contributed by atoms with Crippen molar-refractivity contribution >= 4 is 43.3 Å². The molecule has 0 aromatic heterocycles. The predicted octanol–water partition coefficient (Wildman–Crippen LogP) is 6.00. The van der Waals surface area contributed by atoms with Crippen molar-refractivity contribution in [3.63, 3.8) is 0 Å². The van der Waals surface area contributed by atoms with Gasteiger partial charge in [0.2, 0.25) is 0 Å². The average molecular weight is 594 g/mol. The van der Waals surface area contributed by atoms with Crippen LogP contribution in [-0.4, -0.2) is 40.0 Å². The summed E-state index contributed by atoms with van der Waals surface area (Å²) in [6, 6.07) is 17.6. The Labute approximate surface area is 226 Å². The first-order valence-corrected chi connectivity index (χ1v) is 14.6. The number of alkyl halides is 3. The van der Waals surface area contributed by atoms with Crippen LogP contribution in [0.15, 0.2) is 66.7 Å². The summed E-state index contributed by atoms with van der Waals surface area (Å²) in [5.41, 5.74) is 0.535. The quantitative estimate of drug-likeness (QED) is 0.342. The number of benzene rings is 3. The van der Waals surface area contributed by atoms with E-state index in [1.54, 1.807) is 42.5 Å². The van der Waals surface area contributed by atoms with Crippen molar-refractivity contribution in [2.45, 2.75) is 49.2 Å². The Morgan fingerprint density at radius 2 is 1.76 bits per heavy atom. The molecule has 37 heavy (non-hydrogen) atoms. The second-order valence-corrected chi connectivity index (χ2v) is 13.0. The Bertz CT molecular complexity index is 1230. The number of rotatable bonds is 7. The number of amides is 1. The Balaban J connectivity index is 1.73. The van der Waals surface area contributed by atoms with Crippen LogP contribution in [-0.2, 0) is 12.7 Å². The summed E-state index contributed by atoms with van der Waals surface area (Å²) in [7, 11) is 1.51. The van der Waals surface area contributed by atoms with Crippen molar-refractivity contribution in [3.8, 4) is 5.75 Å². The Kier molecular flexibility index (Phi) is 8.89. The van der Waals surface area contributed by atoms with Crippen LogP contribution in [0, 0.1) is 0 Å². The van der Waals surface area contributed by atoms with Gasteiger partial charge in [-0.25, -0.2) is 0 Å². The number of methoxy groups -OCH3 is 1. The zero-order valence-electron chi connectivity index (χ0n) is 20.3. The molecule has 0 saturated heterocycles. The van der Waals surface area contributed by atoms with Crippen molar-refractivity contribution in [2.24, 2.45) is 0 Å². The fourth-order valence-electron chi connectivity index (χ4n) is 4.49. The minimum absolute atomic E-state index is 0.0874. The number of nitrogens with zero attached hydrogens (tertiary/aromatic N) is 1. The van der Waals surface area contributed by atoms with Crippen LogP contribution in [0.3, 0.4) is 0 Å². The molecule has 9 heteroatoms. The van der Waals surface area contributed by atoms with Gasteiger partial charge in [0.1, 0.15) is 0 Å². The molecule has 0 bridgehead atoms. The zero-order valence-corrected chi connectivity index (χ0v) is 23.1. The van der Waals surface area contributed by atoms with Crippen molar-refractivity contribution < 1.29 is 27.8 Å². The van der Waals surface area contributed by atoms with Crippen LogP contribution in [0.25, 0.3) is 0 Å². The molecule has 1 unspecified atom stereocenters. The molecule has 1 aliphatic carbocycles. The summed E-state index contributed by atoms with van der Waals surface area (Å²) in [5.74, 6) is 0.00463. The van der Waals surface area contributed by atoms with E-state index in [2.05, 4.69) is 0 Å². The van der Waals surface area contributed by atoms with Gasteiger partial charge in [-0.2, -0.15) is 0 Å². The molecule has 0 aliphatic heterocycles. The van der Waals surface area contributed by atoms with Gasteiger partial charge in [-0.05, 0) is 0 Å². The molecular weight excluding hydrogens is 566 g/mol. The van der Waals surface area contributed by atoms with Crippen LogP contribution >= 0.6 is 11.6 Å². The van der Waals surface area contributed by atoms with Crippen molar-refractivity contribution in [3.05, 3.63) is 88.4 Å². The minimum atomic E-state index is -4.57. The second-order valence-electron chi connectivity index (χ2n) is 9.10. The molecule has 3 aromatic carbocycles. The van der Waals surface area contributed by atoms with E-state index in [0.717, 1.165) is 25.0 Å². The van der Waals surface area contributed by atoms with Crippen LogP contribution in [0.1, 0.15) is 47.2 Å². The van der Waals surface area contributed by atoms with Gasteiger partial charge in [0, 0.05) is 0 Å². The first-order chi connectivity index (χ1) is 17.7. The van der Waals surface area contributed by atoms with Crippen LogP contribution in [0.4, 0.5) is 18.9 Å². The summed E-state index contributed by atoms with van der Waals surface area (Å²) in [4.78, 5) is 15.5. The molecule has 1 amide bonds. The number of hydrogen-bond acceptors (Lipinski definition) is 3. The number of aliphatic hydroxyl groups is 1. The van der Waals surface area contributed by atoms with Gasteiger partial charge in [-0.1, -0.05) is 0 Å². The maximum atomic E-state index is 14.0. The Morgan fingerprint density at radius 3 is 2.38 bits per heavy atom.